The van der Waals surface area contributed by atoms with Gasteiger partial charge in [0.2, 0.25) is 11.7 Å². The van der Waals surface area contributed by atoms with Gasteiger partial charge in [0.25, 0.3) is 0 Å². The van der Waals surface area contributed by atoms with Gasteiger partial charge in [-0.25, -0.2) is 20.0 Å². The van der Waals surface area contributed by atoms with Gasteiger partial charge in [0.15, 0.2) is 0 Å². The second-order valence-corrected chi connectivity index (χ2v) is 23.1. The lowest BCUT2D eigenvalue weighted by Crippen LogP contribution is -2.50. The molecule has 0 bridgehead atoms. The Morgan fingerprint density at radius 1 is 0.874 bits per heavy atom. The molecule has 1 saturated carbocycles. The first-order valence-electron chi connectivity index (χ1n) is 31.3. The van der Waals surface area contributed by atoms with Crippen LogP contribution in [0.4, 0.5) is 5.69 Å². The van der Waals surface area contributed by atoms with Gasteiger partial charge in [0.05, 0.1) is 51.3 Å². The molecule has 2 aromatic heterocycles. The smallest absolute Gasteiger partial charge is 0.222 e. The van der Waals surface area contributed by atoms with Crippen LogP contribution in [-0.2, 0) is 25.6 Å². The number of rotatable bonds is 24. The Labute approximate surface area is 523 Å². The number of allylic oxidation sites excluding steroid dienone is 1. The van der Waals surface area contributed by atoms with E-state index in [9.17, 15) is 14.4 Å². The molecule has 4 aliphatic rings. The minimum absolute atomic E-state index is 0.0916. The molecule has 2 atom stereocenters. The Kier molecular flexibility index (Phi) is 36.8. The molecule has 5 N–H and O–H groups in total. The summed E-state index contributed by atoms with van der Waals surface area (Å²) in [6, 6.07) is 24.1. The maximum Gasteiger partial charge on any atom is 0.222 e. The van der Waals surface area contributed by atoms with E-state index in [1.807, 2.05) is 62.9 Å². The molecular weight excluding hydrogens is 1110 g/mol. The number of aromatic nitrogens is 2. The first-order valence-corrected chi connectivity index (χ1v) is 32.2. The number of nitrogens with one attached hydrogen (secondary N) is 5. The molecule has 0 amide bonds. The molecule has 0 radical (unpaired) electrons. The number of aliphatic imine (C=N–C) groups is 2. The monoisotopic (exact) mass is 1210 g/mol. The molecule has 2 unspecified atom stereocenters. The second kappa shape index (κ2) is 43.9. The number of carbonyl (C=O) groups is 3. The quantitative estimate of drug-likeness (QED) is 0.0168. The number of piperidine rings is 1. The predicted octanol–water partition coefficient (Wildman–Crippen LogP) is 11.8. The van der Waals surface area contributed by atoms with Crippen LogP contribution in [0.3, 0.4) is 0 Å². The van der Waals surface area contributed by atoms with Crippen molar-refractivity contribution in [2.24, 2.45) is 26.9 Å². The van der Waals surface area contributed by atoms with E-state index >= 15 is 0 Å². The summed E-state index contributed by atoms with van der Waals surface area (Å²) >= 11 is 1.56. The molecule has 5 aromatic rings. The fourth-order valence-corrected chi connectivity index (χ4v) is 10.7. The number of hydrazone groups is 1. The zero-order chi connectivity index (χ0) is 62.9. The molecule has 9 rings (SSSR count). The summed E-state index contributed by atoms with van der Waals surface area (Å²) in [6.45, 7) is 21.6. The zero-order valence-electron chi connectivity index (χ0n) is 53.7. The van der Waals surface area contributed by atoms with Gasteiger partial charge in [-0.15, -0.1) is 11.3 Å². The third-order valence-corrected chi connectivity index (χ3v) is 14.9. The van der Waals surface area contributed by atoms with Gasteiger partial charge in [-0.1, -0.05) is 115 Å². The molecule has 19 heteroatoms. The number of hydrogen-bond acceptors (Lipinski definition) is 17. The highest BCUT2D eigenvalue weighted by Crippen LogP contribution is 2.34. The van der Waals surface area contributed by atoms with Crippen LogP contribution in [0.1, 0.15) is 144 Å². The number of guanidine groups is 1. The summed E-state index contributed by atoms with van der Waals surface area (Å²) in [4.78, 5) is 54.0. The van der Waals surface area contributed by atoms with E-state index < -0.39 is 0 Å². The lowest BCUT2D eigenvalue weighted by atomic mass is 9.87. The van der Waals surface area contributed by atoms with Crippen LogP contribution in [0.2, 0.25) is 0 Å². The third kappa shape index (κ3) is 27.6. The number of pyridine rings is 1. The fourth-order valence-electron chi connectivity index (χ4n) is 9.68. The van der Waals surface area contributed by atoms with Crippen LogP contribution in [0.15, 0.2) is 112 Å². The molecule has 87 heavy (non-hydrogen) atoms. The number of fused-ring (bicyclic) bond motifs is 1. The van der Waals surface area contributed by atoms with Gasteiger partial charge in [0.1, 0.15) is 47.6 Å². The van der Waals surface area contributed by atoms with E-state index in [0.29, 0.717) is 81.7 Å². The largest absolute Gasteiger partial charge is 0.491 e. The second-order valence-electron chi connectivity index (χ2n) is 22.2. The van der Waals surface area contributed by atoms with E-state index in [-0.39, 0.29) is 11.9 Å². The molecule has 476 valence electrons. The number of benzene rings is 3. The van der Waals surface area contributed by atoms with E-state index in [1.54, 1.807) is 47.8 Å². The Hall–Kier alpha value is -6.58. The number of hydrogen-bond donors (Lipinski definition) is 5. The van der Waals surface area contributed by atoms with Crippen molar-refractivity contribution in [1.82, 2.24) is 41.1 Å². The van der Waals surface area contributed by atoms with Crippen LogP contribution in [0, 0.1) is 11.8 Å². The lowest BCUT2D eigenvalue weighted by Gasteiger charge is -2.30. The van der Waals surface area contributed by atoms with Crippen molar-refractivity contribution in [3.63, 3.8) is 0 Å². The molecule has 5 heterocycles. The molecule has 0 spiro atoms. The predicted molar refractivity (Wildman–Crippen MR) is 361 cm³/mol. The maximum absolute atomic E-state index is 13.2. The van der Waals surface area contributed by atoms with Crippen LogP contribution >= 0.6 is 11.3 Å². The fraction of sp³-hybridized carbons (Fsp3) is 0.529. The number of nitrogens with zero attached hydrogens (tertiary/aromatic N) is 7. The van der Waals surface area contributed by atoms with Gasteiger partial charge in [-0.3, -0.25) is 14.7 Å². The molecule has 3 aromatic carbocycles. The number of ketones is 1. The highest BCUT2D eigenvalue weighted by Gasteiger charge is 2.27. The number of ether oxygens (including phenoxy) is 3. The topological polar surface area (TPSA) is 208 Å². The average Bonchev–Trinajstić information content (AvgIpc) is 3.57. The van der Waals surface area contributed by atoms with Crippen molar-refractivity contribution < 1.29 is 28.6 Å². The first kappa shape index (κ1) is 72.9. The summed E-state index contributed by atoms with van der Waals surface area (Å²) < 4.78 is 17.4. The number of carbonyl (C=O) groups excluding carboxylic acids is 3. The number of anilines is 1. The van der Waals surface area contributed by atoms with E-state index in [4.69, 9.17) is 24.2 Å². The van der Waals surface area contributed by atoms with Crippen molar-refractivity contribution in [2.75, 3.05) is 99.3 Å². The van der Waals surface area contributed by atoms with Crippen molar-refractivity contribution in [2.45, 2.75) is 130 Å². The summed E-state index contributed by atoms with van der Waals surface area (Å²) in [5.41, 5.74) is 5.04. The highest BCUT2D eigenvalue weighted by molar-refractivity contribution is 7.10. The number of likely N-dealkylation sites (tertiary alicyclic amines) is 1. The van der Waals surface area contributed by atoms with Crippen molar-refractivity contribution in [3.8, 4) is 17.0 Å². The number of amidine groups is 1. The van der Waals surface area contributed by atoms with Gasteiger partial charge in [-0.05, 0) is 140 Å². The van der Waals surface area contributed by atoms with Crippen molar-refractivity contribution in [1.29, 1.82) is 0 Å². The average molecular weight is 1220 g/mol. The molecule has 3 aliphatic heterocycles. The standard InChI is InChI=1S/C46H53N9O4S.C8H14O.C5H11N.C4H10.C3H7NO.C2H7N/c1-5-19-50-55-32(3)51-42(6-2)53-46(55)49-30-35-11-7-8-14-38(35)43-39-17-16-36(28-33(39)18-20-48-43)47-21-23-57-24-25-58-26-27-59-37-13-9-12-34(29-37)44(56)40-31-60-45(52-40)41-15-10-22-54(41)4;9-7-6-8-4-2-1-3-5-8;1-2-4-6-5-3-1;1-4(2)3;1-4-2-3-5;1-3-2/h5,7-9,11-14,16-20,28-29,31-32,41,47H,1,6,10,15,21-27,30H2,2-4H3,(H,49,51,53);7-8H,1-6H2;6H,1-5H2;4H,1-3H3;3-4H,2H2,1H3;3H,1-2H3/b50-19-;;;;;. The van der Waals surface area contributed by atoms with Crippen LogP contribution in [-0.4, -0.2) is 156 Å². The third-order valence-electron chi connectivity index (χ3n) is 14.0. The maximum atomic E-state index is 13.2. The van der Waals surface area contributed by atoms with Crippen LogP contribution in [0.5, 0.6) is 5.75 Å². The molecule has 2 saturated heterocycles. The molecular formula is C68H102N12O6S. The van der Waals surface area contributed by atoms with E-state index in [1.165, 1.54) is 64.5 Å². The minimum Gasteiger partial charge on any atom is -0.491 e. The van der Waals surface area contributed by atoms with E-state index in [0.717, 1.165) is 101 Å². The minimum atomic E-state index is -0.185. The normalized spacial score (nSPS) is 17.1. The number of aldehydes is 2. The zero-order valence-corrected chi connectivity index (χ0v) is 54.5. The highest BCUT2D eigenvalue weighted by atomic mass is 32.1. The van der Waals surface area contributed by atoms with E-state index in [2.05, 4.69) is 118 Å². The molecule has 3 fully saturated rings. The van der Waals surface area contributed by atoms with Crippen LogP contribution in [0.25, 0.3) is 22.0 Å². The molecule has 1 aliphatic carbocycles. The number of likely N-dealkylation sites (N-methyl/N-ethyl adjacent to an activating group) is 1. The summed E-state index contributed by atoms with van der Waals surface area (Å²) in [7, 11) is 7.59. The van der Waals surface area contributed by atoms with Gasteiger partial charge >= 0.3 is 0 Å². The summed E-state index contributed by atoms with van der Waals surface area (Å²) in [6.07, 6.45) is 21.5. The van der Waals surface area contributed by atoms with Gasteiger partial charge in [0, 0.05) is 59.4 Å². The van der Waals surface area contributed by atoms with Crippen LogP contribution < -0.4 is 31.3 Å². The SMILES string of the molecule is C1CCNCC1.C=C/C=N\N1C(=NCc2ccccc2-c2nccc3cc(NCCOCCOCCOc4cccc(C(=O)c5csc(C6CCCN6C)n5)c4)ccc23)NC(CC)=NC1C.CC(C)C.CNC.CNCC=O.O=CCC1CCCCC1. The summed E-state index contributed by atoms with van der Waals surface area (Å²) in [5, 5.41) is 26.8. The van der Waals surface area contributed by atoms with Crippen molar-refractivity contribution >= 4 is 64.2 Å². The summed E-state index contributed by atoms with van der Waals surface area (Å²) in [5.74, 6) is 3.62. The van der Waals surface area contributed by atoms with Crippen molar-refractivity contribution in [3.05, 3.63) is 119 Å². The Bertz CT molecular complexity index is 2820. The Morgan fingerprint density at radius 2 is 1.60 bits per heavy atom. The Balaban J connectivity index is 0.000000494. The van der Waals surface area contributed by atoms with Gasteiger partial charge in [-0.2, -0.15) is 5.10 Å². The first-order chi connectivity index (χ1) is 42.4. The lowest BCUT2D eigenvalue weighted by molar-refractivity contribution is -0.109. The molecule has 18 nitrogen and oxygen atoms in total. The Morgan fingerprint density at radius 3 is 2.24 bits per heavy atom. The number of thiazole rings is 1. The van der Waals surface area contributed by atoms with Gasteiger partial charge < -0.3 is 50.4 Å².